The second kappa shape index (κ2) is 10.7. The van der Waals surface area contributed by atoms with Gasteiger partial charge in [0.15, 0.2) is 5.75 Å². The number of aromatic nitrogens is 3. The molecule has 0 unspecified atom stereocenters. The lowest BCUT2D eigenvalue weighted by Gasteiger charge is -2.15. The normalized spacial score (nSPS) is 12.5. The van der Waals surface area contributed by atoms with Crippen LogP contribution >= 0.6 is 0 Å². The molecule has 5 rings (SSSR count). The maximum absolute atomic E-state index is 13.1. The molecular weight excluding hydrogens is 440 g/mol. The highest BCUT2D eigenvalue weighted by Gasteiger charge is 2.21. The molecule has 0 spiro atoms. The average molecular weight is 467 g/mol. The number of nitrogens with zero attached hydrogens (tertiary/aromatic N) is 5. The Morgan fingerprint density at radius 2 is 1.69 bits per heavy atom. The lowest BCUT2D eigenvalue weighted by Crippen LogP contribution is -2.22. The predicted molar refractivity (Wildman–Crippen MR) is 134 cm³/mol. The minimum Gasteiger partial charge on any atom is -0.493 e. The molecule has 0 radical (unpaired) electrons. The Balaban J connectivity index is 0.000000514. The van der Waals surface area contributed by atoms with Gasteiger partial charge in [-0.1, -0.05) is 42.0 Å². The van der Waals surface area contributed by atoms with Gasteiger partial charge in [-0.2, -0.15) is 15.2 Å². The van der Waals surface area contributed by atoms with Crippen molar-refractivity contribution in [3.8, 4) is 40.3 Å². The SMILES string of the molecule is C1CCNC1.COc1cc(-c2ccc(C#N)cc2)c(-c2ccc(C)cc2)n2c(=O)n(CC#N)nc12. The van der Waals surface area contributed by atoms with Crippen LogP contribution in [0.5, 0.6) is 5.75 Å². The van der Waals surface area contributed by atoms with E-state index in [1.54, 1.807) is 12.1 Å². The molecule has 8 heteroatoms. The summed E-state index contributed by atoms with van der Waals surface area (Å²) in [7, 11) is 1.51. The van der Waals surface area contributed by atoms with Crippen molar-refractivity contribution < 1.29 is 4.74 Å². The third-order valence-electron chi connectivity index (χ3n) is 5.86. The molecule has 1 aliphatic rings. The number of pyridine rings is 1. The summed E-state index contributed by atoms with van der Waals surface area (Å²) in [6.45, 7) is 4.33. The summed E-state index contributed by atoms with van der Waals surface area (Å²) in [5, 5.41) is 25.7. The van der Waals surface area contributed by atoms with E-state index in [0.717, 1.165) is 26.9 Å². The number of aryl methyl sites for hydroxylation is 1. The number of nitrogens with one attached hydrogen (secondary N) is 1. The Morgan fingerprint density at radius 1 is 1.03 bits per heavy atom. The third kappa shape index (κ3) is 4.93. The van der Waals surface area contributed by atoms with Gasteiger partial charge in [0.2, 0.25) is 5.65 Å². The molecule has 4 aromatic rings. The summed E-state index contributed by atoms with van der Waals surface area (Å²) in [5.41, 5.74) is 4.60. The number of ether oxygens (including phenoxy) is 1. The van der Waals surface area contributed by atoms with Gasteiger partial charge >= 0.3 is 5.69 Å². The van der Waals surface area contributed by atoms with E-state index in [9.17, 15) is 4.79 Å². The van der Waals surface area contributed by atoms with E-state index in [4.69, 9.17) is 15.3 Å². The van der Waals surface area contributed by atoms with Crippen molar-refractivity contribution in [1.82, 2.24) is 19.5 Å². The maximum atomic E-state index is 13.1. The summed E-state index contributed by atoms with van der Waals surface area (Å²) in [4.78, 5) is 13.1. The van der Waals surface area contributed by atoms with Crippen LogP contribution in [-0.2, 0) is 6.54 Å². The van der Waals surface area contributed by atoms with Crippen LogP contribution in [0.25, 0.3) is 28.0 Å². The lowest BCUT2D eigenvalue weighted by molar-refractivity contribution is 0.417. The number of rotatable bonds is 4. The van der Waals surface area contributed by atoms with E-state index in [1.807, 2.05) is 55.5 Å². The number of benzene rings is 2. The smallest absolute Gasteiger partial charge is 0.351 e. The highest BCUT2D eigenvalue weighted by Crippen LogP contribution is 2.36. The summed E-state index contributed by atoms with van der Waals surface area (Å²) in [6, 6.07) is 20.9. The minimum absolute atomic E-state index is 0.163. The minimum atomic E-state index is -0.420. The van der Waals surface area contributed by atoms with E-state index >= 15 is 0 Å². The van der Waals surface area contributed by atoms with Gasteiger partial charge in [0.1, 0.15) is 6.54 Å². The highest BCUT2D eigenvalue weighted by molar-refractivity contribution is 5.85. The molecule has 1 fully saturated rings. The molecule has 3 heterocycles. The van der Waals surface area contributed by atoms with Crippen molar-refractivity contribution in [2.24, 2.45) is 0 Å². The first-order chi connectivity index (χ1) is 17.1. The molecule has 2 aromatic heterocycles. The van der Waals surface area contributed by atoms with Gasteiger partial charge in [0.05, 0.1) is 30.5 Å². The van der Waals surface area contributed by atoms with Crippen LogP contribution in [0.4, 0.5) is 0 Å². The zero-order chi connectivity index (χ0) is 24.8. The molecule has 8 nitrogen and oxygen atoms in total. The Bertz CT molecular complexity index is 1460. The van der Waals surface area contributed by atoms with Gasteiger partial charge in [0, 0.05) is 5.56 Å². The number of nitriles is 2. The van der Waals surface area contributed by atoms with Gasteiger partial charge < -0.3 is 10.1 Å². The summed E-state index contributed by atoms with van der Waals surface area (Å²) < 4.78 is 8.12. The van der Waals surface area contributed by atoms with Crippen LogP contribution in [0.2, 0.25) is 0 Å². The van der Waals surface area contributed by atoms with Gasteiger partial charge in [-0.3, -0.25) is 0 Å². The van der Waals surface area contributed by atoms with E-state index in [1.165, 1.54) is 37.4 Å². The number of methoxy groups -OCH3 is 1. The Morgan fingerprint density at radius 3 is 2.23 bits per heavy atom. The molecule has 1 aliphatic heterocycles. The predicted octanol–water partition coefficient (Wildman–Crippen LogP) is 3.91. The quantitative estimate of drug-likeness (QED) is 0.489. The fourth-order valence-corrected chi connectivity index (χ4v) is 4.04. The first kappa shape index (κ1) is 23.7. The first-order valence-electron chi connectivity index (χ1n) is 11.4. The molecule has 1 N–H and O–H groups in total. The third-order valence-corrected chi connectivity index (χ3v) is 5.86. The van der Waals surface area contributed by atoms with E-state index in [2.05, 4.69) is 16.5 Å². The van der Waals surface area contributed by atoms with E-state index in [-0.39, 0.29) is 6.54 Å². The van der Waals surface area contributed by atoms with Crippen molar-refractivity contribution in [2.75, 3.05) is 20.2 Å². The Hall–Kier alpha value is -4.40. The molecule has 0 saturated carbocycles. The summed E-state index contributed by atoms with van der Waals surface area (Å²) in [6.07, 6.45) is 2.78. The Kier molecular flexibility index (Phi) is 7.25. The molecule has 0 bridgehead atoms. The first-order valence-corrected chi connectivity index (χ1v) is 11.4. The second-order valence-electron chi connectivity index (χ2n) is 8.24. The standard InChI is InChI=1S/C23H17N5O2.C4H9N/c1-15-3-7-18(8-4-15)21-19(17-9-5-16(14-25)6-10-17)13-20(30-2)22-26-27(12-11-24)23(29)28(21)22;1-2-4-5-3-1/h3-10,13H,12H2,1-2H3;5H,1-4H2. The topological polar surface area (TPSA) is 108 Å². The number of hydrogen-bond acceptors (Lipinski definition) is 6. The molecule has 1 saturated heterocycles. The highest BCUT2D eigenvalue weighted by atomic mass is 16.5. The number of hydrogen-bond donors (Lipinski definition) is 1. The van der Waals surface area contributed by atoms with Crippen LogP contribution in [0, 0.1) is 29.6 Å². The molecule has 35 heavy (non-hydrogen) atoms. The fraction of sp³-hybridized carbons (Fsp3) is 0.259. The van der Waals surface area contributed by atoms with Crippen LogP contribution in [0.3, 0.4) is 0 Å². The van der Waals surface area contributed by atoms with Crippen molar-refractivity contribution in [3.05, 3.63) is 76.2 Å². The fourth-order valence-electron chi connectivity index (χ4n) is 4.04. The molecule has 0 aliphatic carbocycles. The Labute approximate surface area is 203 Å². The molecule has 2 aromatic carbocycles. The van der Waals surface area contributed by atoms with Crippen LogP contribution in [0.15, 0.2) is 59.4 Å². The average Bonchev–Trinajstić information content (AvgIpc) is 3.57. The maximum Gasteiger partial charge on any atom is 0.351 e. The van der Waals surface area contributed by atoms with E-state index in [0.29, 0.717) is 22.7 Å². The summed E-state index contributed by atoms with van der Waals surface area (Å²) in [5.74, 6) is 0.416. The van der Waals surface area contributed by atoms with Crippen molar-refractivity contribution in [1.29, 1.82) is 10.5 Å². The van der Waals surface area contributed by atoms with Crippen molar-refractivity contribution in [2.45, 2.75) is 26.3 Å². The monoisotopic (exact) mass is 466 g/mol. The van der Waals surface area contributed by atoms with Crippen molar-refractivity contribution in [3.63, 3.8) is 0 Å². The van der Waals surface area contributed by atoms with Gasteiger partial charge in [-0.15, -0.1) is 5.10 Å². The lowest BCUT2D eigenvalue weighted by atomic mass is 9.97. The van der Waals surface area contributed by atoms with E-state index < -0.39 is 5.69 Å². The largest absolute Gasteiger partial charge is 0.493 e. The van der Waals surface area contributed by atoms with Crippen molar-refractivity contribution >= 4 is 5.65 Å². The van der Waals surface area contributed by atoms with Crippen LogP contribution < -0.4 is 15.7 Å². The zero-order valence-electron chi connectivity index (χ0n) is 19.8. The van der Waals surface area contributed by atoms with Gasteiger partial charge in [0.25, 0.3) is 0 Å². The van der Waals surface area contributed by atoms with Gasteiger partial charge in [-0.05, 0) is 62.2 Å². The van der Waals surface area contributed by atoms with Crippen LogP contribution in [-0.4, -0.2) is 34.4 Å². The number of fused-ring (bicyclic) bond motifs is 1. The molecular formula is C27H26N6O2. The zero-order valence-corrected chi connectivity index (χ0v) is 19.8. The van der Waals surface area contributed by atoms with Crippen LogP contribution in [0.1, 0.15) is 24.0 Å². The second-order valence-corrected chi connectivity index (χ2v) is 8.24. The molecule has 176 valence electrons. The molecule has 0 amide bonds. The summed E-state index contributed by atoms with van der Waals surface area (Å²) >= 11 is 0. The van der Waals surface area contributed by atoms with Gasteiger partial charge in [-0.25, -0.2) is 9.20 Å². The molecule has 0 atom stereocenters.